The minimum atomic E-state index is -1.18. The molecule has 1 amide bonds. The highest BCUT2D eigenvalue weighted by Gasteiger charge is 2.46. The van der Waals surface area contributed by atoms with Gasteiger partial charge in [-0.1, -0.05) is 72.8 Å². The lowest BCUT2D eigenvalue weighted by molar-refractivity contribution is -0.232. The van der Waals surface area contributed by atoms with Gasteiger partial charge in [0.25, 0.3) is 5.91 Å². The van der Waals surface area contributed by atoms with E-state index in [9.17, 15) is 9.90 Å². The molecule has 1 aliphatic rings. The van der Waals surface area contributed by atoms with Gasteiger partial charge in [0.15, 0.2) is 17.0 Å². The molecule has 2 N–H and O–H groups in total. The maximum absolute atomic E-state index is 13.0. The molecule has 0 unspecified atom stereocenters. The Balaban J connectivity index is 1.27. The van der Waals surface area contributed by atoms with Crippen molar-refractivity contribution in [3.63, 3.8) is 0 Å². The van der Waals surface area contributed by atoms with Gasteiger partial charge in [-0.3, -0.25) is 14.3 Å². The van der Waals surface area contributed by atoms with Crippen molar-refractivity contribution in [1.82, 2.24) is 24.4 Å². The fraction of sp³-hybridized carbons (Fsp3) is 0.286. The van der Waals surface area contributed by atoms with E-state index in [1.54, 1.807) is 44.8 Å². The molecule has 12 heteroatoms. The smallest absolute Gasteiger partial charge is 0.256 e. The number of imidazole rings is 1. The molecule has 0 aliphatic carbocycles. The zero-order valence-corrected chi connectivity index (χ0v) is 30.8. The summed E-state index contributed by atoms with van der Waals surface area (Å²) in [4.78, 5) is 28.8. The van der Waals surface area contributed by atoms with Crippen LogP contribution in [-0.2, 0) is 15.1 Å². The third-order valence-corrected chi connectivity index (χ3v) is 9.95. The third kappa shape index (κ3) is 7.16. The molecule has 54 heavy (non-hydrogen) atoms. The molecule has 4 aromatic carbocycles. The van der Waals surface area contributed by atoms with Crippen molar-refractivity contribution in [2.45, 2.75) is 37.3 Å². The van der Waals surface area contributed by atoms with Gasteiger partial charge in [-0.2, -0.15) is 0 Å². The molecule has 2 atom stereocenters. The fourth-order valence-electron chi connectivity index (χ4n) is 6.99. The topological polar surface area (TPSA) is 133 Å². The highest BCUT2D eigenvalue weighted by Crippen LogP contribution is 2.43. The summed E-state index contributed by atoms with van der Waals surface area (Å²) in [6.45, 7) is 4.79. The van der Waals surface area contributed by atoms with Crippen molar-refractivity contribution in [1.29, 1.82) is 0 Å². The van der Waals surface area contributed by atoms with E-state index in [-0.39, 0.29) is 31.0 Å². The number of methoxy groups -OCH3 is 2. The van der Waals surface area contributed by atoms with Gasteiger partial charge in [-0.05, 0) is 66.9 Å². The molecule has 2 aromatic heterocycles. The van der Waals surface area contributed by atoms with E-state index in [0.717, 1.165) is 16.7 Å². The standard InChI is InChI=1S/C42H44N6O6/c1-29(2)47-23-36(48-28-45-37-38(43-27-44-39(37)48)46-40(50)30-11-7-5-8-12-30)54-41(24-47,25-49)26-53-42(31-13-9-6-10-14-31,32-15-19-34(51-3)20-16-32)33-17-21-35(52-4)22-18-33/h5-22,27-29,36,49H,23-26H2,1-4H3,(H,43,44,46,50)/t36-,41-/m1/s1. The van der Waals surface area contributed by atoms with E-state index in [4.69, 9.17) is 18.9 Å². The van der Waals surface area contributed by atoms with Crippen LogP contribution in [0, 0.1) is 0 Å². The van der Waals surface area contributed by atoms with Crippen LogP contribution in [0.2, 0.25) is 0 Å². The number of aromatic nitrogens is 4. The quantitative estimate of drug-likeness (QED) is 0.135. The van der Waals surface area contributed by atoms with Crippen LogP contribution in [0.25, 0.3) is 11.2 Å². The van der Waals surface area contributed by atoms with Gasteiger partial charge in [0.1, 0.15) is 35.3 Å². The molecular formula is C42H44N6O6. The Morgan fingerprint density at radius 3 is 2.04 bits per heavy atom. The molecular weight excluding hydrogens is 684 g/mol. The predicted octanol–water partition coefficient (Wildman–Crippen LogP) is 6.07. The second-order valence-electron chi connectivity index (χ2n) is 13.6. The largest absolute Gasteiger partial charge is 0.497 e. The number of morpholine rings is 1. The Hall–Kier alpha value is -5.66. The van der Waals surface area contributed by atoms with Crippen LogP contribution in [-0.4, -0.2) is 87.6 Å². The van der Waals surface area contributed by atoms with Gasteiger partial charge in [0, 0.05) is 24.7 Å². The zero-order chi connectivity index (χ0) is 37.7. The minimum Gasteiger partial charge on any atom is -0.497 e. The van der Waals surface area contributed by atoms with Crippen LogP contribution in [0.4, 0.5) is 5.82 Å². The van der Waals surface area contributed by atoms with Crippen LogP contribution in [0.5, 0.6) is 11.5 Å². The third-order valence-electron chi connectivity index (χ3n) is 9.95. The van der Waals surface area contributed by atoms with E-state index in [1.807, 2.05) is 89.5 Å². The summed E-state index contributed by atoms with van der Waals surface area (Å²) >= 11 is 0. The van der Waals surface area contributed by atoms with Gasteiger partial charge in [0.2, 0.25) is 0 Å². The SMILES string of the molecule is COc1ccc(C(OC[C@]2(CO)CN(C(C)C)C[C@H](n3cnc4c(NC(=O)c5ccccc5)ncnc43)O2)(c2ccccc2)c2ccc(OC)cc2)cc1. The van der Waals surface area contributed by atoms with Crippen LogP contribution in [0.1, 0.15) is 47.1 Å². The summed E-state index contributed by atoms with van der Waals surface area (Å²) in [5.41, 5.74) is 1.71. The summed E-state index contributed by atoms with van der Waals surface area (Å²) in [5.74, 6) is 1.41. The summed E-state index contributed by atoms with van der Waals surface area (Å²) < 4.78 is 27.1. The van der Waals surface area contributed by atoms with Gasteiger partial charge in [-0.25, -0.2) is 15.0 Å². The number of aliphatic hydroxyl groups excluding tert-OH is 1. The number of benzene rings is 4. The molecule has 3 heterocycles. The molecule has 1 aliphatic heterocycles. The van der Waals surface area contributed by atoms with Crippen molar-refractivity contribution >= 4 is 22.9 Å². The maximum Gasteiger partial charge on any atom is 0.256 e. The first-order valence-corrected chi connectivity index (χ1v) is 17.8. The summed E-state index contributed by atoms with van der Waals surface area (Å²) in [6, 6.07) is 34.7. The molecule has 0 radical (unpaired) electrons. The van der Waals surface area contributed by atoms with Crippen molar-refractivity contribution < 1.29 is 28.8 Å². The zero-order valence-electron chi connectivity index (χ0n) is 30.8. The summed E-state index contributed by atoms with van der Waals surface area (Å²) in [7, 11) is 3.28. The average molecular weight is 729 g/mol. The molecule has 278 valence electrons. The molecule has 12 nitrogen and oxygen atoms in total. The highest BCUT2D eigenvalue weighted by atomic mass is 16.6. The summed E-state index contributed by atoms with van der Waals surface area (Å²) in [5, 5.41) is 14.2. The monoisotopic (exact) mass is 728 g/mol. The van der Waals surface area contributed by atoms with Crippen molar-refractivity contribution in [3.05, 3.63) is 144 Å². The number of nitrogens with one attached hydrogen (secondary N) is 1. The first-order valence-electron chi connectivity index (χ1n) is 17.8. The second-order valence-corrected chi connectivity index (χ2v) is 13.6. The van der Waals surface area contributed by atoms with Gasteiger partial charge < -0.3 is 29.4 Å². The summed E-state index contributed by atoms with van der Waals surface area (Å²) in [6.07, 6.45) is 2.41. The first kappa shape index (κ1) is 36.7. The Morgan fingerprint density at radius 2 is 1.46 bits per heavy atom. The Bertz CT molecular complexity index is 2110. The molecule has 0 bridgehead atoms. The number of nitrogens with zero attached hydrogens (tertiary/aromatic N) is 5. The lowest BCUT2D eigenvalue weighted by atomic mass is 9.79. The van der Waals surface area contributed by atoms with Crippen LogP contribution >= 0.6 is 0 Å². The van der Waals surface area contributed by atoms with Gasteiger partial charge in [-0.15, -0.1) is 0 Å². The number of carbonyl (C=O) groups is 1. The Labute approximate surface area is 314 Å². The van der Waals surface area contributed by atoms with Crippen molar-refractivity contribution in [3.8, 4) is 11.5 Å². The second kappa shape index (κ2) is 15.7. The van der Waals surface area contributed by atoms with Gasteiger partial charge >= 0.3 is 0 Å². The molecule has 0 spiro atoms. The highest BCUT2D eigenvalue weighted by molar-refractivity contribution is 6.06. The number of ether oxygens (including phenoxy) is 4. The van der Waals surface area contributed by atoms with Crippen molar-refractivity contribution in [2.75, 3.05) is 45.8 Å². The van der Waals surface area contributed by atoms with E-state index >= 15 is 0 Å². The molecule has 6 aromatic rings. The number of fused-ring (bicyclic) bond motifs is 1. The van der Waals surface area contributed by atoms with E-state index in [0.29, 0.717) is 41.3 Å². The van der Waals surface area contributed by atoms with Crippen molar-refractivity contribution in [2.24, 2.45) is 0 Å². The fourth-order valence-corrected chi connectivity index (χ4v) is 6.99. The number of carbonyl (C=O) groups excluding carboxylic acids is 1. The first-order chi connectivity index (χ1) is 26.3. The van der Waals surface area contributed by atoms with Gasteiger partial charge in [0.05, 0.1) is 33.8 Å². The van der Waals surface area contributed by atoms with Crippen LogP contribution < -0.4 is 14.8 Å². The number of amides is 1. The Morgan fingerprint density at radius 1 is 0.870 bits per heavy atom. The van der Waals surface area contributed by atoms with Crippen LogP contribution in [0.15, 0.2) is 122 Å². The lowest BCUT2D eigenvalue weighted by Crippen LogP contribution is -2.60. The number of hydrogen-bond donors (Lipinski definition) is 2. The number of rotatable bonds is 13. The molecule has 1 saturated heterocycles. The Kier molecular flexibility index (Phi) is 10.7. The van der Waals surface area contributed by atoms with Crippen LogP contribution in [0.3, 0.4) is 0 Å². The number of hydrogen-bond acceptors (Lipinski definition) is 10. The molecule has 0 saturated carbocycles. The van der Waals surface area contributed by atoms with E-state index in [2.05, 4.69) is 39.0 Å². The lowest BCUT2D eigenvalue weighted by Gasteiger charge is -2.48. The molecule has 7 rings (SSSR count). The molecule has 1 fully saturated rings. The average Bonchev–Trinajstić information content (AvgIpc) is 3.67. The normalized spacial score (nSPS) is 17.8. The maximum atomic E-state index is 13.0. The predicted molar refractivity (Wildman–Crippen MR) is 205 cm³/mol. The van der Waals surface area contributed by atoms with E-state index in [1.165, 1.54) is 6.33 Å². The minimum absolute atomic E-state index is 0.0101. The number of anilines is 1. The van der Waals surface area contributed by atoms with E-state index < -0.39 is 17.4 Å². The number of aliphatic hydroxyl groups is 1.